The van der Waals surface area contributed by atoms with E-state index in [9.17, 15) is 18.0 Å². The Morgan fingerprint density at radius 2 is 1.65 bits per heavy atom. The third kappa shape index (κ3) is 6.27. The Bertz CT molecular complexity index is 1110. The van der Waals surface area contributed by atoms with Crippen molar-refractivity contribution in [2.75, 3.05) is 26.1 Å². The van der Waals surface area contributed by atoms with Crippen molar-refractivity contribution in [3.8, 4) is 11.5 Å². The smallest absolute Gasteiger partial charge is 0.243 e. The molecule has 1 saturated carbocycles. The molecule has 0 atom stereocenters. The Morgan fingerprint density at radius 3 is 2.24 bits per heavy atom. The number of carbonyl (C=O) groups excluding carboxylic acids is 2. The summed E-state index contributed by atoms with van der Waals surface area (Å²) in [5, 5.41) is 2.75. The van der Waals surface area contributed by atoms with Gasteiger partial charge in [0.05, 0.1) is 32.1 Å². The lowest BCUT2D eigenvalue weighted by atomic mass is 9.95. The van der Waals surface area contributed by atoms with Crippen LogP contribution >= 0.6 is 0 Å². The number of rotatable bonds is 10. The lowest BCUT2D eigenvalue weighted by molar-refractivity contribution is -0.118. The zero-order chi connectivity index (χ0) is 24.7. The second-order valence-corrected chi connectivity index (χ2v) is 10.1. The van der Waals surface area contributed by atoms with E-state index in [-0.39, 0.29) is 23.9 Å². The van der Waals surface area contributed by atoms with Crippen LogP contribution in [0, 0.1) is 0 Å². The summed E-state index contributed by atoms with van der Waals surface area (Å²) < 4.78 is 39.1. The summed E-state index contributed by atoms with van der Waals surface area (Å²) in [5.41, 5.74) is 6.44. The number of hydrogen-bond acceptors (Lipinski definition) is 6. The van der Waals surface area contributed by atoms with Gasteiger partial charge in [-0.05, 0) is 42.7 Å². The van der Waals surface area contributed by atoms with E-state index in [0.29, 0.717) is 30.0 Å². The predicted molar refractivity (Wildman–Crippen MR) is 128 cm³/mol. The van der Waals surface area contributed by atoms with Crippen molar-refractivity contribution in [3.05, 3.63) is 48.0 Å². The molecule has 3 N–H and O–H groups in total. The van der Waals surface area contributed by atoms with Gasteiger partial charge in [-0.1, -0.05) is 31.4 Å². The molecule has 0 bridgehead atoms. The molecule has 184 valence electrons. The number of carbonyl (C=O) groups is 2. The minimum atomic E-state index is -3.98. The number of amides is 2. The van der Waals surface area contributed by atoms with Gasteiger partial charge in [-0.15, -0.1) is 0 Å². The highest BCUT2D eigenvalue weighted by atomic mass is 32.2. The lowest BCUT2D eigenvalue weighted by Gasteiger charge is -2.33. The van der Waals surface area contributed by atoms with Gasteiger partial charge >= 0.3 is 0 Å². The quantitative estimate of drug-likeness (QED) is 0.528. The molecule has 1 aliphatic rings. The number of nitrogens with zero attached hydrogens (tertiary/aromatic N) is 1. The van der Waals surface area contributed by atoms with Crippen LogP contribution in [0.2, 0.25) is 0 Å². The number of anilines is 1. The van der Waals surface area contributed by atoms with Gasteiger partial charge in [0.25, 0.3) is 0 Å². The summed E-state index contributed by atoms with van der Waals surface area (Å²) in [7, 11) is -1.06. The van der Waals surface area contributed by atoms with Crippen molar-refractivity contribution in [1.29, 1.82) is 0 Å². The second-order valence-electron chi connectivity index (χ2n) is 8.25. The first-order chi connectivity index (χ1) is 16.2. The third-order valence-electron chi connectivity index (χ3n) is 5.86. The van der Waals surface area contributed by atoms with Crippen LogP contribution in [0.5, 0.6) is 11.5 Å². The molecule has 34 heavy (non-hydrogen) atoms. The van der Waals surface area contributed by atoms with Crippen molar-refractivity contribution >= 4 is 27.5 Å². The lowest BCUT2D eigenvalue weighted by Crippen LogP contribution is -2.45. The van der Waals surface area contributed by atoms with Crippen LogP contribution in [0.1, 0.15) is 37.7 Å². The Kier molecular flexibility index (Phi) is 8.51. The Morgan fingerprint density at radius 1 is 1.00 bits per heavy atom. The first kappa shape index (κ1) is 25.5. The van der Waals surface area contributed by atoms with Gasteiger partial charge in [0.2, 0.25) is 21.8 Å². The van der Waals surface area contributed by atoms with E-state index in [0.717, 1.165) is 24.8 Å². The highest BCUT2D eigenvalue weighted by Gasteiger charge is 2.34. The molecule has 0 heterocycles. The number of sulfonamides is 1. The molecule has 2 aromatic carbocycles. The van der Waals surface area contributed by atoms with Crippen LogP contribution in [-0.4, -0.2) is 51.3 Å². The van der Waals surface area contributed by atoms with E-state index in [1.165, 1.54) is 30.7 Å². The fourth-order valence-electron chi connectivity index (χ4n) is 4.14. The number of ether oxygens (including phenoxy) is 2. The Hall–Kier alpha value is -3.11. The maximum Gasteiger partial charge on any atom is 0.243 e. The maximum atomic E-state index is 13.6. The maximum absolute atomic E-state index is 13.6. The van der Waals surface area contributed by atoms with E-state index >= 15 is 0 Å². The fourth-order valence-corrected chi connectivity index (χ4v) is 5.80. The van der Waals surface area contributed by atoms with Crippen molar-refractivity contribution < 1.29 is 27.5 Å². The molecule has 2 aromatic rings. The zero-order valence-electron chi connectivity index (χ0n) is 19.5. The number of nitrogens with one attached hydrogen (secondary N) is 1. The van der Waals surface area contributed by atoms with Crippen molar-refractivity contribution in [3.63, 3.8) is 0 Å². The highest BCUT2D eigenvalue weighted by molar-refractivity contribution is 7.89. The second kappa shape index (κ2) is 11.3. The largest absolute Gasteiger partial charge is 0.493 e. The summed E-state index contributed by atoms with van der Waals surface area (Å²) in [4.78, 5) is 24.0. The van der Waals surface area contributed by atoms with Crippen LogP contribution in [0.3, 0.4) is 0 Å². The summed E-state index contributed by atoms with van der Waals surface area (Å²) >= 11 is 0. The predicted octanol–water partition coefficient (Wildman–Crippen LogP) is 2.69. The molecule has 0 unspecified atom stereocenters. The molecule has 2 amide bonds. The number of methoxy groups -OCH3 is 2. The molecule has 3 rings (SSSR count). The molecular formula is C24H31N3O6S. The molecule has 1 fully saturated rings. The monoisotopic (exact) mass is 489 g/mol. The zero-order valence-corrected chi connectivity index (χ0v) is 20.3. The molecule has 0 aromatic heterocycles. The minimum Gasteiger partial charge on any atom is -0.493 e. The van der Waals surface area contributed by atoms with Crippen molar-refractivity contribution in [2.45, 2.75) is 49.5 Å². The van der Waals surface area contributed by atoms with Crippen LogP contribution in [-0.2, 0) is 26.0 Å². The van der Waals surface area contributed by atoms with E-state index in [1.807, 2.05) is 0 Å². The normalized spacial score (nSPS) is 14.6. The SMILES string of the molecule is COc1ccc(S(=O)(=O)N(CC(=O)Nc2ccc(CC(N)=O)cc2)C2CCCCC2)cc1OC. The molecule has 0 aliphatic heterocycles. The first-order valence-electron chi connectivity index (χ1n) is 11.2. The third-order valence-corrected chi connectivity index (χ3v) is 7.75. The topological polar surface area (TPSA) is 128 Å². The van der Waals surface area contributed by atoms with Crippen molar-refractivity contribution in [2.24, 2.45) is 5.73 Å². The fraction of sp³-hybridized carbons (Fsp3) is 0.417. The van der Waals surface area contributed by atoms with E-state index in [4.69, 9.17) is 15.2 Å². The van der Waals surface area contributed by atoms with Crippen LogP contribution in [0.15, 0.2) is 47.4 Å². The average molecular weight is 490 g/mol. The number of primary amides is 1. The molecule has 0 spiro atoms. The van der Waals surface area contributed by atoms with Crippen LogP contribution in [0.25, 0.3) is 0 Å². The van der Waals surface area contributed by atoms with Gasteiger partial charge in [0.1, 0.15) is 0 Å². The highest BCUT2D eigenvalue weighted by Crippen LogP contribution is 2.33. The summed E-state index contributed by atoms with van der Waals surface area (Å²) in [5.74, 6) is -0.173. The van der Waals surface area contributed by atoms with E-state index in [2.05, 4.69) is 5.32 Å². The molecule has 1 aliphatic carbocycles. The summed E-state index contributed by atoms with van der Waals surface area (Å²) in [6.45, 7) is -0.315. The van der Waals surface area contributed by atoms with E-state index < -0.39 is 21.8 Å². The van der Waals surface area contributed by atoms with Gasteiger partial charge in [0, 0.05) is 17.8 Å². The molecule has 0 saturated heterocycles. The van der Waals surface area contributed by atoms with Gasteiger partial charge < -0.3 is 20.5 Å². The Labute approximate surface area is 200 Å². The number of nitrogens with two attached hydrogens (primary N) is 1. The standard InChI is InChI=1S/C24H31N3O6S/c1-32-21-13-12-20(15-22(21)33-2)34(30,31)27(19-6-4-3-5-7-19)16-24(29)26-18-10-8-17(9-11-18)14-23(25)28/h8-13,15,19H,3-7,14,16H2,1-2H3,(H2,25,28)(H,26,29). The number of benzene rings is 2. The molecule has 9 nitrogen and oxygen atoms in total. The Balaban J connectivity index is 1.83. The van der Waals surface area contributed by atoms with Crippen molar-refractivity contribution in [1.82, 2.24) is 4.31 Å². The molecular weight excluding hydrogens is 458 g/mol. The van der Waals surface area contributed by atoms with Gasteiger partial charge in [-0.3, -0.25) is 9.59 Å². The van der Waals surface area contributed by atoms with Crippen LogP contribution in [0.4, 0.5) is 5.69 Å². The van der Waals surface area contributed by atoms with Gasteiger partial charge in [-0.25, -0.2) is 8.42 Å². The average Bonchev–Trinajstić information content (AvgIpc) is 2.83. The number of hydrogen-bond donors (Lipinski definition) is 2. The minimum absolute atomic E-state index is 0.0410. The molecule has 10 heteroatoms. The van der Waals surface area contributed by atoms with Crippen LogP contribution < -0.4 is 20.5 Å². The van der Waals surface area contributed by atoms with Gasteiger partial charge in [-0.2, -0.15) is 4.31 Å². The summed E-state index contributed by atoms with van der Waals surface area (Å²) in [6, 6.07) is 10.8. The summed E-state index contributed by atoms with van der Waals surface area (Å²) in [6.07, 6.45) is 4.36. The molecule has 0 radical (unpaired) electrons. The van der Waals surface area contributed by atoms with Gasteiger partial charge in [0.15, 0.2) is 11.5 Å². The van der Waals surface area contributed by atoms with E-state index in [1.54, 1.807) is 30.3 Å². The first-order valence-corrected chi connectivity index (χ1v) is 12.6.